The highest BCUT2D eigenvalue weighted by Crippen LogP contribution is 2.63. The summed E-state index contributed by atoms with van der Waals surface area (Å²) in [5, 5.41) is 10.1. The molecule has 6 nitrogen and oxygen atoms in total. The van der Waals surface area contributed by atoms with E-state index in [1.54, 1.807) is 6.92 Å². The number of hydrogen-bond donors (Lipinski definition) is 0. The second-order valence-electron chi connectivity index (χ2n) is 12.5. The summed E-state index contributed by atoms with van der Waals surface area (Å²) in [5.41, 5.74) is 1.25. The van der Waals surface area contributed by atoms with E-state index in [1.165, 1.54) is 7.11 Å². The lowest BCUT2D eigenvalue weighted by Crippen LogP contribution is -2.57. The van der Waals surface area contributed by atoms with Crippen molar-refractivity contribution in [3.05, 3.63) is 41.6 Å². The van der Waals surface area contributed by atoms with E-state index in [1.807, 2.05) is 12.1 Å². The van der Waals surface area contributed by atoms with Crippen molar-refractivity contribution in [1.29, 1.82) is 0 Å². The highest BCUT2D eigenvalue weighted by atomic mass is 28.4. The van der Waals surface area contributed by atoms with Crippen molar-refractivity contribution >= 4 is 19.4 Å². The molecule has 206 valence electrons. The lowest BCUT2D eigenvalue weighted by molar-refractivity contribution is -0.137. The number of fused-ring (bicyclic) bond motifs is 2. The number of halogens is 3. The number of hydrogen-bond acceptors (Lipinski definition) is 5. The summed E-state index contributed by atoms with van der Waals surface area (Å²) in [5.74, 6) is 0.0631. The fourth-order valence-electron chi connectivity index (χ4n) is 5.99. The standard InChI is InChI=1S/C28H36F3N3O3Si/c1-18-12-20(28(29,30)31)14-22(36-17-35-5)23(18)21-13-19-8-11-34(24(19)33-32-21)26-9-10-27(15-26,16-26)37-38(6,7)25(2,3)4/h8,11-14H,9-10,15-17H2,1-7H3. The van der Waals surface area contributed by atoms with Gasteiger partial charge in [0.2, 0.25) is 0 Å². The van der Waals surface area contributed by atoms with E-state index in [9.17, 15) is 13.2 Å². The summed E-state index contributed by atoms with van der Waals surface area (Å²) in [4.78, 5) is 0. The van der Waals surface area contributed by atoms with E-state index >= 15 is 0 Å². The van der Waals surface area contributed by atoms with Crippen molar-refractivity contribution in [1.82, 2.24) is 14.8 Å². The van der Waals surface area contributed by atoms with Gasteiger partial charge in [-0.3, -0.25) is 0 Å². The van der Waals surface area contributed by atoms with Crippen LogP contribution in [-0.4, -0.2) is 42.6 Å². The normalized spacial score (nSPS) is 23.6. The van der Waals surface area contributed by atoms with Crippen LogP contribution in [0.1, 0.15) is 57.6 Å². The average molecular weight is 548 g/mol. The molecular weight excluding hydrogens is 511 g/mol. The first-order chi connectivity index (χ1) is 17.6. The van der Waals surface area contributed by atoms with Crippen LogP contribution in [0.5, 0.6) is 5.75 Å². The number of alkyl halides is 3. The van der Waals surface area contributed by atoms with Gasteiger partial charge in [-0.15, -0.1) is 10.2 Å². The first-order valence-electron chi connectivity index (χ1n) is 13.0. The minimum absolute atomic E-state index is 0.0304. The molecule has 1 aromatic carbocycles. The third kappa shape index (κ3) is 4.44. The van der Waals surface area contributed by atoms with Crippen LogP contribution >= 0.6 is 0 Å². The fraction of sp³-hybridized carbons (Fsp3) is 0.571. The molecule has 0 saturated heterocycles. The van der Waals surface area contributed by atoms with Gasteiger partial charge in [0.05, 0.1) is 22.4 Å². The summed E-state index contributed by atoms with van der Waals surface area (Å²) in [6.07, 6.45) is 1.57. The quantitative estimate of drug-likeness (QED) is 0.227. The molecule has 10 heteroatoms. The lowest BCUT2D eigenvalue weighted by Gasteiger charge is -2.53. The van der Waals surface area contributed by atoms with Crippen LogP contribution in [0.15, 0.2) is 30.5 Å². The van der Waals surface area contributed by atoms with E-state index in [0.29, 0.717) is 16.8 Å². The van der Waals surface area contributed by atoms with Crippen LogP contribution in [-0.2, 0) is 20.9 Å². The molecule has 38 heavy (non-hydrogen) atoms. The second-order valence-corrected chi connectivity index (χ2v) is 17.3. The minimum Gasteiger partial charge on any atom is -0.467 e. The van der Waals surface area contributed by atoms with Gasteiger partial charge in [-0.25, -0.2) is 0 Å². The Labute approximate surface area is 222 Å². The molecule has 2 bridgehead atoms. The zero-order valence-electron chi connectivity index (χ0n) is 23.1. The zero-order valence-corrected chi connectivity index (χ0v) is 24.1. The highest BCUT2D eigenvalue weighted by Gasteiger charge is 2.64. The summed E-state index contributed by atoms with van der Waals surface area (Å²) in [7, 11) is -0.465. The maximum Gasteiger partial charge on any atom is 0.416 e. The molecule has 0 atom stereocenters. The molecular formula is C28H36F3N3O3Si. The predicted octanol–water partition coefficient (Wildman–Crippen LogP) is 7.45. The van der Waals surface area contributed by atoms with Crippen LogP contribution in [0.4, 0.5) is 13.2 Å². The number of nitrogens with zero attached hydrogens (tertiary/aromatic N) is 3. The van der Waals surface area contributed by atoms with Gasteiger partial charge in [-0.2, -0.15) is 13.2 Å². The zero-order chi connectivity index (χ0) is 27.7. The van der Waals surface area contributed by atoms with Gasteiger partial charge >= 0.3 is 6.18 Å². The molecule has 0 amide bonds. The fourth-order valence-corrected chi connectivity index (χ4v) is 7.63. The first kappa shape index (κ1) is 27.1. The Kier molecular flexibility index (Phi) is 6.28. The molecule has 0 radical (unpaired) electrons. The molecule has 3 aliphatic rings. The van der Waals surface area contributed by atoms with Crippen LogP contribution in [0, 0.1) is 6.92 Å². The Morgan fingerprint density at radius 3 is 2.39 bits per heavy atom. The largest absolute Gasteiger partial charge is 0.467 e. The highest BCUT2D eigenvalue weighted by molar-refractivity contribution is 6.74. The van der Waals surface area contributed by atoms with Gasteiger partial charge < -0.3 is 18.5 Å². The Morgan fingerprint density at radius 2 is 1.76 bits per heavy atom. The first-order valence-corrected chi connectivity index (χ1v) is 15.9. The van der Waals surface area contributed by atoms with Crippen molar-refractivity contribution in [2.24, 2.45) is 0 Å². The third-order valence-corrected chi connectivity index (χ3v) is 13.3. The van der Waals surface area contributed by atoms with Crippen LogP contribution in [0.25, 0.3) is 22.3 Å². The van der Waals surface area contributed by atoms with Gasteiger partial charge in [-0.1, -0.05) is 20.8 Å². The summed E-state index contributed by atoms with van der Waals surface area (Å²) in [6, 6.07) is 5.98. The van der Waals surface area contributed by atoms with Crippen molar-refractivity contribution < 1.29 is 27.1 Å². The predicted molar refractivity (Wildman–Crippen MR) is 143 cm³/mol. The molecule has 3 fully saturated rings. The van der Waals surface area contributed by atoms with Crippen LogP contribution in [0.3, 0.4) is 0 Å². The van der Waals surface area contributed by atoms with Crippen LogP contribution in [0.2, 0.25) is 18.1 Å². The van der Waals surface area contributed by atoms with Gasteiger partial charge in [0.15, 0.2) is 20.8 Å². The van der Waals surface area contributed by atoms with Gasteiger partial charge in [0.1, 0.15) is 5.75 Å². The van der Waals surface area contributed by atoms with E-state index < -0.39 is 20.1 Å². The summed E-state index contributed by atoms with van der Waals surface area (Å²) in [6.45, 7) is 12.9. The molecule has 2 heterocycles. The molecule has 6 rings (SSSR count). The molecule has 3 saturated carbocycles. The molecule has 0 N–H and O–H groups in total. The van der Waals surface area contributed by atoms with Gasteiger partial charge in [0.25, 0.3) is 0 Å². The molecule has 3 aromatic rings. The maximum absolute atomic E-state index is 13.5. The SMILES string of the molecule is COCOc1cc(C(F)(F)F)cc(C)c1-c1cc2ccn(C34CCC(O[Si](C)(C)C(C)(C)C)(C3)C4)c2nn1. The summed E-state index contributed by atoms with van der Waals surface area (Å²) < 4.78 is 60.0. The number of aryl methyl sites for hydroxylation is 1. The number of ether oxygens (including phenoxy) is 2. The molecule has 0 aliphatic heterocycles. The van der Waals surface area contributed by atoms with E-state index in [0.717, 1.165) is 48.8 Å². The summed E-state index contributed by atoms with van der Waals surface area (Å²) >= 11 is 0. The van der Waals surface area contributed by atoms with Crippen molar-refractivity contribution in [3.63, 3.8) is 0 Å². The lowest BCUT2D eigenvalue weighted by atomic mass is 9.73. The van der Waals surface area contributed by atoms with E-state index in [2.05, 4.69) is 54.8 Å². The topological polar surface area (TPSA) is 58.4 Å². The smallest absolute Gasteiger partial charge is 0.416 e. The van der Waals surface area contributed by atoms with Crippen molar-refractivity contribution in [2.75, 3.05) is 13.9 Å². The second kappa shape index (κ2) is 8.79. The molecule has 0 unspecified atom stereocenters. The van der Waals surface area contributed by atoms with Crippen molar-refractivity contribution in [2.45, 2.75) is 88.8 Å². The molecule has 3 aliphatic carbocycles. The monoisotopic (exact) mass is 547 g/mol. The van der Waals surface area contributed by atoms with Gasteiger partial charge in [-0.05, 0) is 80.6 Å². The number of methoxy groups -OCH3 is 1. The number of aromatic nitrogens is 3. The van der Waals surface area contributed by atoms with Crippen molar-refractivity contribution in [3.8, 4) is 17.0 Å². The minimum atomic E-state index is -4.49. The Morgan fingerprint density at radius 1 is 1.05 bits per heavy atom. The maximum atomic E-state index is 13.5. The Bertz CT molecular complexity index is 1370. The van der Waals surface area contributed by atoms with E-state index in [-0.39, 0.29) is 28.7 Å². The number of benzene rings is 1. The van der Waals surface area contributed by atoms with Gasteiger partial charge in [0, 0.05) is 24.3 Å². The van der Waals surface area contributed by atoms with E-state index in [4.69, 9.17) is 13.9 Å². The third-order valence-electron chi connectivity index (χ3n) is 8.79. The average Bonchev–Trinajstić information content (AvgIpc) is 3.46. The Balaban J connectivity index is 1.46. The number of rotatable bonds is 7. The molecule has 2 aromatic heterocycles. The molecule has 0 spiro atoms. The van der Waals surface area contributed by atoms with Crippen LogP contribution < -0.4 is 4.74 Å². The Hall–Kier alpha value is -2.43.